The molecule has 3 rings (SSSR count). The van der Waals surface area contributed by atoms with E-state index in [4.69, 9.17) is 9.47 Å². The van der Waals surface area contributed by atoms with Crippen LogP contribution in [0.15, 0.2) is 41.4 Å². The summed E-state index contributed by atoms with van der Waals surface area (Å²) in [5.74, 6) is 2.23. The molecule has 1 aliphatic rings. The van der Waals surface area contributed by atoms with Crippen molar-refractivity contribution in [3.63, 3.8) is 0 Å². The van der Waals surface area contributed by atoms with E-state index in [9.17, 15) is 4.39 Å². The summed E-state index contributed by atoms with van der Waals surface area (Å²) < 4.78 is 25.1. The zero-order valence-electron chi connectivity index (χ0n) is 16.4. The summed E-state index contributed by atoms with van der Waals surface area (Å²) in [6, 6.07) is 10.9. The Morgan fingerprint density at radius 2 is 2.04 bits per heavy atom. The third-order valence-electron chi connectivity index (χ3n) is 4.61. The predicted molar refractivity (Wildman–Crippen MR) is 121 cm³/mol. The van der Waals surface area contributed by atoms with Gasteiger partial charge in [0.25, 0.3) is 0 Å². The number of nitrogens with one attached hydrogen (secondary N) is 2. The molecule has 0 bridgehead atoms. The molecule has 0 aliphatic carbocycles. The van der Waals surface area contributed by atoms with Gasteiger partial charge in [0.1, 0.15) is 23.4 Å². The second kappa shape index (κ2) is 10.5. The summed E-state index contributed by atoms with van der Waals surface area (Å²) >= 11 is 0. The zero-order valence-corrected chi connectivity index (χ0v) is 18.8. The van der Waals surface area contributed by atoms with Crippen molar-refractivity contribution >= 4 is 29.9 Å². The van der Waals surface area contributed by atoms with Gasteiger partial charge < -0.3 is 20.1 Å². The maximum absolute atomic E-state index is 13.7. The highest BCUT2D eigenvalue weighted by atomic mass is 127. The van der Waals surface area contributed by atoms with Crippen LogP contribution in [0.2, 0.25) is 0 Å². The number of rotatable bonds is 6. The first-order valence-electron chi connectivity index (χ1n) is 9.15. The van der Waals surface area contributed by atoms with Gasteiger partial charge in [0.15, 0.2) is 5.96 Å². The average Bonchev–Trinajstić information content (AvgIpc) is 3.03. The van der Waals surface area contributed by atoms with Crippen molar-refractivity contribution in [3.8, 4) is 11.5 Å². The third kappa shape index (κ3) is 5.50. The number of aliphatic imine (C=N–C) groups is 1. The maximum atomic E-state index is 13.7. The van der Waals surface area contributed by atoms with Gasteiger partial charge in [0.05, 0.1) is 7.11 Å². The molecule has 0 aromatic heterocycles. The fraction of sp³-hybridized carbons (Fsp3) is 0.381. The largest absolute Gasteiger partial charge is 0.496 e. The minimum atomic E-state index is -0.181. The van der Waals surface area contributed by atoms with E-state index in [1.165, 1.54) is 11.6 Å². The Kier molecular flexibility index (Phi) is 8.35. The minimum absolute atomic E-state index is 0. The van der Waals surface area contributed by atoms with Crippen LogP contribution in [0.3, 0.4) is 0 Å². The number of hydrogen-bond donors (Lipinski definition) is 2. The van der Waals surface area contributed by atoms with Crippen molar-refractivity contribution < 1.29 is 13.9 Å². The Hall–Kier alpha value is -2.03. The zero-order chi connectivity index (χ0) is 19.2. The normalized spacial score (nSPS) is 15.3. The van der Waals surface area contributed by atoms with Gasteiger partial charge in [-0.25, -0.2) is 4.39 Å². The van der Waals surface area contributed by atoms with Crippen LogP contribution in [0, 0.1) is 5.82 Å². The molecule has 0 spiro atoms. The Labute approximate surface area is 182 Å². The van der Waals surface area contributed by atoms with Crippen LogP contribution in [-0.2, 0) is 19.4 Å². The number of hydrogen-bond acceptors (Lipinski definition) is 3. The summed E-state index contributed by atoms with van der Waals surface area (Å²) in [6.45, 7) is 3.20. The SMILES string of the molecule is CN=C(NCCc1ccccc1F)NCc1cc2c(cc1OC)CC(C)O2.I. The molecule has 0 fully saturated rings. The summed E-state index contributed by atoms with van der Waals surface area (Å²) in [6.07, 6.45) is 1.68. The van der Waals surface area contributed by atoms with Gasteiger partial charge in [0, 0.05) is 37.7 Å². The number of fused-ring (bicyclic) bond motifs is 1. The van der Waals surface area contributed by atoms with E-state index < -0.39 is 0 Å². The van der Waals surface area contributed by atoms with E-state index in [2.05, 4.69) is 22.5 Å². The number of nitrogens with zero attached hydrogens (tertiary/aromatic N) is 1. The standard InChI is InChI=1S/C21H26FN3O2.HI/c1-14-10-16-11-19(26-3)17(12-20(16)27-14)13-25-21(23-2)24-9-8-15-6-4-5-7-18(15)22;/h4-7,11-12,14H,8-10,13H2,1-3H3,(H2,23,24,25);1H. The van der Waals surface area contributed by atoms with Crippen LogP contribution in [0.25, 0.3) is 0 Å². The molecule has 0 saturated carbocycles. The first-order valence-corrected chi connectivity index (χ1v) is 9.15. The number of ether oxygens (including phenoxy) is 2. The van der Waals surface area contributed by atoms with Crippen molar-refractivity contribution in [1.29, 1.82) is 0 Å². The molecule has 0 saturated heterocycles. The highest BCUT2D eigenvalue weighted by Crippen LogP contribution is 2.34. The van der Waals surface area contributed by atoms with Gasteiger partial charge in [-0.2, -0.15) is 0 Å². The highest BCUT2D eigenvalue weighted by molar-refractivity contribution is 14.0. The molecule has 0 radical (unpaired) electrons. The van der Waals surface area contributed by atoms with Crippen molar-refractivity contribution in [1.82, 2.24) is 10.6 Å². The minimum Gasteiger partial charge on any atom is -0.496 e. The number of halogens is 2. The molecule has 2 aromatic rings. The van der Waals surface area contributed by atoms with Gasteiger partial charge in [-0.3, -0.25) is 4.99 Å². The van der Waals surface area contributed by atoms with Crippen molar-refractivity contribution in [2.75, 3.05) is 20.7 Å². The van der Waals surface area contributed by atoms with Crippen molar-refractivity contribution in [2.24, 2.45) is 4.99 Å². The second-order valence-electron chi connectivity index (χ2n) is 6.60. The van der Waals surface area contributed by atoms with Gasteiger partial charge in [-0.05, 0) is 37.1 Å². The molecule has 1 atom stereocenters. The summed E-state index contributed by atoms with van der Waals surface area (Å²) in [4.78, 5) is 4.23. The van der Waals surface area contributed by atoms with Crippen LogP contribution >= 0.6 is 24.0 Å². The lowest BCUT2D eigenvalue weighted by Gasteiger charge is -2.15. The van der Waals surface area contributed by atoms with Crippen LogP contribution in [0.5, 0.6) is 11.5 Å². The fourth-order valence-electron chi connectivity index (χ4n) is 3.23. The topological polar surface area (TPSA) is 54.9 Å². The predicted octanol–water partition coefficient (Wildman–Crippen LogP) is 3.68. The van der Waals surface area contributed by atoms with E-state index in [1.807, 2.05) is 18.2 Å². The average molecular weight is 499 g/mol. The van der Waals surface area contributed by atoms with Crippen molar-refractivity contribution in [2.45, 2.75) is 32.4 Å². The lowest BCUT2D eigenvalue weighted by molar-refractivity contribution is 0.254. The third-order valence-corrected chi connectivity index (χ3v) is 4.61. The molecule has 7 heteroatoms. The lowest BCUT2D eigenvalue weighted by Crippen LogP contribution is -2.38. The maximum Gasteiger partial charge on any atom is 0.191 e. The van der Waals surface area contributed by atoms with Crippen LogP contribution in [-0.4, -0.2) is 32.8 Å². The number of benzene rings is 2. The quantitative estimate of drug-likeness (QED) is 0.362. The Balaban J connectivity index is 0.00000280. The molecule has 1 heterocycles. The number of methoxy groups -OCH3 is 1. The molecule has 152 valence electrons. The smallest absolute Gasteiger partial charge is 0.191 e. The summed E-state index contributed by atoms with van der Waals surface area (Å²) in [5.41, 5.74) is 2.87. The molecule has 2 aromatic carbocycles. The Bertz CT molecular complexity index is 829. The van der Waals surface area contributed by atoms with Gasteiger partial charge >= 0.3 is 0 Å². The summed E-state index contributed by atoms with van der Waals surface area (Å²) in [7, 11) is 3.38. The Morgan fingerprint density at radius 3 is 2.75 bits per heavy atom. The van der Waals surface area contributed by atoms with E-state index in [1.54, 1.807) is 26.3 Å². The molecule has 1 unspecified atom stereocenters. The van der Waals surface area contributed by atoms with Crippen molar-refractivity contribution in [3.05, 3.63) is 58.9 Å². The lowest BCUT2D eigenvalue weighted by atomic mass is 10.1. The number of guanidine groups is 1. The molecule has 2 N–H and O–H groups in total. The van der Waals surface area contributed by atoms with E-state index in [-0.39, 0.29) is 35.9 Å². The molecular formula is C21H27FIN3O2. The van der Waals surface area contributed by atoms with Crippen LogP contribution in [0.1, 0.15) is 23.6 Å². The first-order chi connectivity index (χ1) is 13.1. The van der Waals surface area contributed by atoms with Crippen LogP contribution < -0.4 is 20.1 Å². The van der Waals surface area contributed by atoms with Crippen LogP contribution in [0.4, 0.5) is 4.39 Å². The molecule has 0 amide bonds. The van der Waals surface area contributed by atoms with E-state index in [0.29, 0.717) is 31.0 Å². The second-order valence-corrected chi connectivity index (χ2v) is 6.60. The molecular weight excluding hydrogens is 472 g/mol. The monoisotopic (exact) mass is 499 g/mol. The molecule has 1 aliphatic heterocycles. The van der Waals surface area contributed by atoms with Gasteiger partial charge in [-0.15, -0.1) is 24.0 Å². The van der Waals surface area contributed by atoms with E-state index >= 15 is 0 Å². The van der Waals surface area contributed by atoms with Gasteiger partial charge in [-0.1, -0.05) is 18.2 Å². The van der Waals surface area contributed by atoms with Gasteiger partial charge in [0.2, 0.25) is 0 Å². The molecule has 5 nitrogen and oxygen atoms in total. The summed E-state index contributed by atoms with van der Waals surface area (Å²) in [5, 5.41) is 6.49. The first kappa shape index (κ1) is 22.3. The fourth-order valence-corrected chi connectivity index (χ4v) is 3.23. The Morgan fingerprint density at radius 1 is 1.25 bits per heavy atom. The van der Waals surface area contributed by atoms with E-state index in [0.717, 1.165) is 23.5 Å². The highest BCUT2D eigenvalue weighted by Gasteiger charge is 2.21. The molecule has 28 heavy (non-hydrogen) atoms.